The van der Waals surface area contributed by atoms with Crippen molar-refractivity contribution < 1.29 is 0 Å². The van der Waals surface area contributed by atoms with Crippen LogP contribution in [0.4, 0.5) is 0 Å². The summed E-state index contributed by atoms with van der Waals surface area (Å²) < 4.78 is 0. The second kappa shape index (κ2) is 8.33. The van der Waals surface area contributed by atoms with E-state index in [9.17, 15) is 0 Å². The van der Waals surface area contributed by atoms with E-state index < -0.39 is 0 Å². The van der Waals surface area contributed by atoms with Gasteiger partial charge in [-0.25, -0.2) is 9.98 Å². The quantitative estimate of drug-likeness (QED) is 0.437. The first-order valence-corrected chi connectivity index (χ1v) is 7.35. The second-order valence-electron chi connectivity index (χ2n) is 4.90. The van der Waals surface area contributed by atoms with Crippen molar-refractivity contribution in [1.29, 1.82) is 0 Å². The lowest BCUT2D eigenvalue weighted by Gasteiger charge is -2.22. The fourth-order valence-corrected chi connectivity index (χ4v) is 2.67. The lowest BCUT2D eigenvalue weighted by Crippen LogP contribution is -2.35. The van der Waals surface area contributed by atoms with E-state index in [1.807, 2.05) is 56.2 Å². The molecule has 114 valence electrons. The van der Waals surface area contributed by atoms with Gasteiger partial charge in [-0.3, -0.25) is 0 Å². The molecule has 4 nitrogen and oxygen atoms in total. The van der Waals surface area contributed by atoms with E-state index in [0.717, 1.165) is 22.2 Å². The number of halogens is 1. The first-order chi connectivity index (χ1) is 9.58. The van der Waals surface area contributed by atoms with Crippen LogP contribution in [0.3, 0.4) is 0 Å². The minimum Gasteiger partial charge on any atom is -0.349 e. The number of aliphatic imine (C=N–C) groups is 1. The number of aromatic nitrogens is 1. The SMILES string of the molecule is CN(C)C(=NCc1nc(-c2ccccc2)cs1)N(C)C.I. The number of benzene rings is 1. The summed E-state index contributed by atoms with van der Waals surface area (Å²) in [6.07, 6.45) is 0. The van der Waals surface area contributed by atoms with Crippen molar-refractivity contribution in [2.24, 2.45) is 4.99 Å². The van der Waals surface area contributed by atoms with Crippen molar-refractivity contribution in [3.05, 3.63) is 40.7 Å². The van der Waals surface area contributed by atoms with Gasteiger partial charge in [-0.1, -0.05) is 30.3 Å². The zero-order valence-corrected chi connectivity index (χ0v) is 15.9. The Morgan fingerprint density at radius 2 is 1.71 bits per heavy atom. The van der Waals surface area contributed by atoms with Crippen LogP contribution in [0.1, 0.15) is 5.01 Å². The Labute approximate surface area is 147 Å². The van der Waals surface area contributed by atoms with Gasteiger partial charge in [-0.15, -0.1) is 35.3 Å². The maximum atomic E-state index is 4.65. The van der Waals surface area contributed by atoms with Crippen LogP contribution >= 0.6 is 35.3 Å². The summed E-state index contributed by atoms with van der Waals surface area (Å²) in [5.41, 5.74) is 2.18. The molecule has 0 aliphatic heterocycles. The zero-order chi connectivity index (χ0) is 14.5. The Balaban J connectivity index is 0.00000220. The Hall–Kier alpha value is -1.15. The van der Waals surface area contributed by atoms with Crippen LogP contribution < -0.4 is 0 Å². The molecule has 0 N–H and O–H groups in total. The van der Waals surface area contributed by atoms with Gasteiger partial charge in [0.15, 0.2) is 5.96 Å². The highest BCUT2D eigenvalue weighted by atomic mass is 127. The Morgan fingerprint density at radius 1 is 1.10 bits per heavy atom. The third-order valence-corrected chi connectivity index (χ3v) is 3.61. The van der Waals surface area contributed by atoms with Gasteiger partial charge >= 0.3 is 0 Å². The number of hydrogen-bond donors (Lipinski definition) is 0. The minimum atomic E-state index is 0. The molecule has 2 rings (SSSR count). The molecule has 0 aliphatic rings. The topological polar surface area (TPSA) is 31.7 Å². The highest BCUT2D eigenvalue weighted by Gasteiger charge is 2.06. The average molecular weight is 416 g/mol. The van der Waals surface area contributed by atoms with Crippen LogP contribution in [-0.2, 0) is 6.54 Å². The molecule has 6 heteroatoms. The summed E-state index contributed by atoms with van der Waals surface area (Å²) in [6.45, 7) is 0.614. The highest BCUT2D eigenvalue weighted by molar-refractivity contribution is 14.0. The average Bonchev–Trinajstić information content (AvgIpc) is 2.88. The van der Waals surface area contributed by atoms with Crippen LogP contribution in [0.15, 0.2) is 40.7 Å². The number of thiazole rings is 1. The molecule has 21 heavy (non-hydrogen) atoms. The molecule has 0 saturated heterocycles. The smallest absolute Gasteiger partial charge is 0.195 e. The Bertz CT molecular complexity index is 568. The first kappa shape index (κ1) is 17.9. The van der Waals surface area contributed by atoms with Crippen molar-refractivity contribution in [1.82, 2.24) is 14.8 Å². The maximum Gasteiger partial charge on any atom is 0.195 e. The predicted molar refractivity (Wildman–Crippen MR) is 101 cm³/mol. The van der Waals surface area contributed by atoms with Crippen LogP contribution in [0.25, 0.3) is 11.3 Å². The molecule has 1 aromatic heterocycles. The number of hydrogen-bond acceptors (Lipinski definition) is 3. The fourth-order valence-electron chi connectivity index (χ4n) is 1.95. The highest BCUT2D eigenvalue weighted by Crippen LogP contribution is 2.21. The third-order valence-electron chi connectivity index (χ3n) is 2.78. The van der Waals surface area contributed by atoms with Gasteiger partial charge in [0, 0.05) is 39.1 Å². The molecule has 0 aliphatic carbocycles. The van der Waals surface area contributed by atoms with E-state index in [4.69, 9.17) is 0 Å². The number of rotatable bonds is 3. The molecular formula is C15H21IN4S. The molecule has 0 radical (unpaired) electrons. The van der Waals surface area contributed by atoms with Gasteiger partial charge in [-0.2, -0.15) is 0 Å². The lowest BCUT2D eigenvalue weighted by atomic mass is 10.2. The largest absolute Gasteiger partial charge is 0.349 e. The predicted octanol–water partition coefficient (Wildman–Crippen LogP) is 3.41. The summed E-state index contributed by atoms with van der Waals surface area (Å²) >= 11 is 1.65. The maximum absolute atomic E-state index is 4.65. The van der Waals surface area contributed by atoms with Gasteiger partial charge in [0.05, 0.1) is 12.2 Å². The van der Waals surface area contributed by atoms with E-state index in [1.54, 1.807) is 11.3 Å². The van der Waals surface area contributed by atoms with E-state index in [2.05, 4.69) is 27.5 Å². The summed E-state index contributed by atoms with van der Waals surface area (Å²) in [6, 6.07) is 10.2. The first-order valence-electron chi connectivity index (χ1n) is 6.47. The van der Waals surface area contributed by atoms with Crippen molar-refractivity contribution >= 4 is 41.3 Å². The standard InChI is InChI=1S/C15H20N4S.HI/c1-18(2)15(19(3)4)16-10-14-17-13(11-20-14)12-8-6-5-7-9-12;/h5-9,11H,10H2,1-4H3;1H. The second-order valence-corrected chi connectivity index (χ2v) is 5.84. The molecule has 1 aromatic carbocycles. The van der Waals surface area contributed by atoms with E-state index in [-0.39, 0.29) is 24.0 Å². The molecule has 0 bridgehead atoms. The molecule has 0 spiro atoms. The number of nitrogens with zero attached hydrogens (tertiary/aromatic N) is 4. The summed E-state index contributed by atoms with van der Waals surface area (Å²) in [7, 11) is 7.98. The van der Waals surface area contributed by atoms with Crippen molar-refractivity contribution in [2.75, 3.05) is 28.2 Å². The molecule has 0 atom stereocenters. The normalized spacial score (nSPS) is 9.71. The summed E-state index contributed by atoms with van der Waals surface area (Å²) in [5.74, 6) is 0.946. The van der Waals surface area contributed by atoms with Crippen LogP contribution in [0.2, 0.25) is 0 Å². The summed E-state index contributed by atoms with van der Waals surface area (Å²) in [4.78, 5) is 13.3. The van der Waals surface area contributed by atoms with Crippen LogP contribution in [0.5, 0.6) is 0 Å². The summed E-state index contributed by atoms with van der Waals surface area (Å²) in [5, 5.41) is 3.12. The lowest BCUT2D eigenvalue weighted by molar-refractivity contribution is 0.479. The number of guanidine groups is 1. The van der Waals surface area contributed by atoms with E-state index >= 15 is 0 Å². The third kappa shape index (κ3) is 4.96. The van der Waals surface area contributed by atoms with Gasteiger partial charge in [0.2, 0.25) is 0 Å². The molecule has 0 fully saturated rings. The van der Waals surface area contributed by atoms with Gasteiger partial charge in [0.25, 0.3) is 0 Å². The van der Waals surface area contributed by atoms with Crippen molar-refractivity contribution in [3.8, 4) is 11.3 Å². The van der Waals surface area contributed by atoms with Crippen LogP contribution in [-0.4, -0.2) is 48.9 Å². The molecule has 0 unspecified atom stereocenters. The fraction of sp³-hybridized carbons (Fsp3) is 0.333. The van der Waals surface area contributed by atoms with Crippen molar-refractivity contribution in [3.63, 3.8) is 0 Å². The Morgan fingerprint density at radius 3 is 2.29 bits per heavy atom. The zero-order valence-electron chi connectivity index (χ0n) is 12.8. The van der Waals surface area contributed by atoms with Gasteiger partial charge in [-0.05, 0) is 0 Å². The van der Waals surface area contributed by atoms with Crippen molar-refractivity contribution in [2.45, 2.75) is 6.54 Å². The molecule has 2 aromatic rings. The Kier molecular flexibility index (Phi) is 7.10. The van der Waals surface area contributed by atoms with Crippen LogP contribution in [0, 0.1) is 0 Å². The molecule has 0 saturated carbocycles. The van der Waals surface area contributed by atoms with E-state index in [0.29, 0.717) is 6.54 Å². The van der Waals surface area contributed by atoms with E-state index in [1.165, 1.54) is 0 Å². The monoisotopic (exact) mass is 416 g/mol. The van der Waals surface area contributed by atoms with Gasteiger partial charge < -0.3 is 9.80 Å². The van der Waals surface area contributed by atoms with Gasteiger partial charge in [0.1, 0.15) is 5.01 Å². The minimum absolute atomic E-state index is 0. The molecular weight excluding hydrogens is 395 g/mol. The molecule has 1 heterocycles. The molecule has 0 amide bonds.